The normalized spacial score (nSPS) is 18.3. The highest BCUT2D eigenvalue weighted by Crippen LogP contribution is 2.09. The second-order valence-electron chi connectivity index (χ2n) is 5.55. The van der Waals surface area contributed by atoms with Crippen molar-refractivity contribution < 1.29 is 9.53 Å². The van der Waals surface area contributed by atoms with Gasteiger partial charge < -0.3 is 10.1 Å². The Labute approximate surface area is 137 Å². The summed E-state index contributed by atoms with van der Waals surface area (Å²) in [6, 6.07) is 4.00. The highest BCUT2D eigenvalue weighted by molar-refractivity contribution is 7.09. The quantitative estimate of drug-likeness (QED) is 0.734. The molecule has 1 aliphatic rings. The molecule has 124 valence electrons. The van der Waals surface area contributed by atoms with Crippen LogP contribution in [0.2, 0.25) is 0 Å². The molecule has 0 spiro atoms. The summed E-state index contributed by atoms with van der Waals surface area (Å²) in [7, 11) is 0. The van der Waals surface area contributed by atoms with Crippen LogP contribution < -0.4 is 5.32 Å². The van der Waals surface area contributed by atoms with Crippen LogP contribution in [0.1, 0.15) is 18.7 Å². The Hall–Kier alpha value is -0.950. The van der Waals surface area contributed by atoms with E-state index in [1.54, 1.807) is 11.3 Å². The van der Waals surface area contributed by atoms with Crippen molar-refractivity contribution in [3.05, 3.63) is 22.4 Å². The summed E-state index contributed by atoms with van der Waals surface area (Å²) >= 11 is 1.68. The van der Waals surface area contributed by atoms with E-state index in [0.29, 0.717) is 6.54 Å². The number of carbonyl (C=O) groups excluding carboxylic acids is 1. The summed E-state index contributed by atoms with van der Waals surface area (Å²) in [6.45, 7) is 11.1. The van der Waals surface area contributed by atoms with Gasteiger partial charge in [0.15, 0.2) is 0 Å². The van der Waals surface area contributed by atoms with Crippen molar-refractivity contribution in [2.45, 2.75) is 26.4 Å². The molecule has 0 unspecified atom stereocenters. The first-order valence-corrected chi connectivity index (χ1v) is 8.93. The number of hydrogen-bond donors (Lipinski definition) is 1. The molecule has 5 nitrogen and oxygen atoms in total. The van der Waals surface area contributed by atoms with Crippen LogP contribution in [0.25, 0.3) is 0 Å². The lowest BCUT2D eigenvalue weighted by atomic mass is 10.2. The maximum absolute atomic E-state index is 12.2. The van der Waals surface area contributed by atoms with Crippen LogP contribution >= 0.6 is 11.3 Å². The molecule has 1 aromatic heterocycles. The van der Waals surface area contributed by atoms with Gasteiger partial charge in [-0.15, -0.1) is 11.3 Å². The van der Waals surface area contributed by atoms with E-state index in [1.807, 2.05) is 31.4 Å². The topological polar surface area (TPSA) is 44.8 Å². The molecule has 22 heavy (non-hydrogen) atoms. The number of rotatable bonds is 8. The van der Waals surface area contributed by atoms with Crippen LogP contribution in [0.5, 0.6) is 0 Å². The van der Waals surface area contributed by atoms with E-state index >= 15 is 0 Å². The maximum atomic E-state index is 12.2. The second kappa shape index (κ2) is 9.25. The van der Waals surface area contributed by atoms with Crippen LogP contribution in [-0.4, -0.2) is 67.7 Å². The van der Waals surface area contributed by atoms with Gasteiger partial charge in [-0.25, -0.2) is 0 Å². The summed E-state index contributed by atoms with van der Waals surface area (Å²) in [5, 5.41) is 5.07. The molecule has 1 fully saturated rings. The fourth-order valence-corrected chi connectivity index (χ4v) is 3.26. The van der Waals surface area contributed by atoms with Crippen molar-refractivity contribution in [1.82, 2.24) is 15.1 Å². The molecule has 1 aromatic rings. The number of nitrogens with one attached hydrogen (secondary N) is 1. The van der Waals surface area contributed by atoms with Gasteiger partial charge in [0.05, 0.1) is 19.2 Å². The van der Waals surface area contributed by atoms with Gasteiger partial charge in [-0.2, -0.15) is 0 Å². The van der Waals surface area contributed by atoms with E-state index in [0.717, 1.165) is 45.9 Å². The summed E-state index contributed by atoms with van der Waals surface area (Å²) in [4.78, 5) is 18.1. The molecule has 1 atom stereocenters. The van der Waals surface area contributed by atoms with Crippen LogP contribution in [0, 0.1) is 0 Å². The Balaban J connectivity index is 1.67. The first-order valence-electron chi connectivity index (χ1n) is 8.05. The van der Waals surface area contributed by atoms with Gasteiger partial charge in [0.1, 0.15) is 0 Å². The third-order valence-electron chi connectivity index (χ3n) is 4.11. The second-order valence-corrected chi connectivity index (χ2v) is 6.58. The molecule has 1 saturated heterocycles. The van der Waals surface area contributed by atoms with Crippen molar-refractivity contribution in [1.29, 1.82) is 0 Å². The molecule has 1 aliphatic heterocycles. The minimum Gasteiger partial charge on any atom is -0.380 e. The molecule has 2 heterocycles. The highest BCUT2D eigenvalue weighted by Gasteiger charge is 2.25. The minimum absolute atomic E-state index is 0.0611. The highest BCUT2D eigenvalue weighted by atomic mass is 32.1. The predicted octanol–water partition coefficient (Wildman–Crippen LogP) is 1.41. The van der Waals surface area contributed by atoms with Gasteiger partial charge >= 0.3 is 0 Å². The Bertz CT molecular complexity index is 431. The molecule has 1 amide bonds. The first-order chi connectivity index (χ1) is 10.7. The van der Waals surface area contributed by atoms with E-state index in [4.69, 9.17) is 4.74 Å². The molecular weight excluding hydrogens is 298 g/mol. The van der Waals surface area contributed by atoms with Gasteiger partial charge in [-0.05, 0) is 25.3 Å². The van der Waals surface area contributed by atoms with Gasteiger partial charge in [0.25, 0.3) is 0 Å². The lowest BCUT2D eigenvalue weighted by Crippen LogP contribution is -2.54. The van der Waals surface area contributed by atoms with Gasteiger partial charge in [-0.1, -0.05) is 6.07 Å². The summed E-state index contributed by atoms with van der Waals surface area (Å²) in [5.74, 6) is 0.121. The van der Waals surface area contributed by atoms with E-state index in [2.05, 4.69) is 15.1 Å². The monoisotopic (exact) mass is 325 g/mol. The van der Waals surface area contributed by atoms with E-state index < -0.39 is 0 Å². The maximum Gasteiger partial charge on any atom is 0.237 e. The van der Waals surface area contributed by atoms with Crippen molar-refractivity contribution in [3.63, 3.8) is 0 Å². The Morgan fingerprint density at radius 1 is 1.41 bits per heavy atom. The fraction of sp³-hybridized carbons (Fsp3) is 0.688. The zero-order valence-corrected chi connectivity index (χ0v) is 14.4. The zero-order valence-electron chi connectivity index (χ0n) is 13.6. The molecule has 0 aliphatic carbocycles. The van der Waals surface area contributed by atoms with E-state index in [9.17, 15) is 4.79 Å². The Kier molecular flexibility index (Phi) is 7.32. The van der Waals surface area contributed by atoms with Gasteiger partial charge in [0, 0.05) is 44.2 Å². The molecule has 0 bridgehead atoms. The van der Waals surface area contributed by atoms with Gasteiger partial charge in [-0.3, -0.25) is 14.6 Å². The van der Waals surface area contributed by atoms with Gasteiger partial charge in [0.2, 0.25) is 5.91 Å². The number of thiophene rings is 1. The molecular formula is C16H27N3O2S. The zero-order chi connectivity index (χ0) is 15.8. The third-order valence-corrected chi connectivity index (χ3v) is 4.98. The standard InChI is InChI=1S/C16H27N3O2S/c1-3-21-11-10-18-6-8-19(9-7-18)14(2)16(20)17-13-15-5-4-12-22-15/h4-5,12,14H,3,6-11,13H2,1-2H3,(H,17,20)/t14-/m0/s1. The molecule has 0 aromatic carbocycles. The van der Waals surface area contributed by atoms with Crippen LogP contribution in [-0.2, 0) is 16.1 Å². The van der Waals surface area contributed by atoms with Crippen LogP contribution in [0.15, 0.2) is 17.5 Å². The van der Waals surface area contributed by atoms with Crippen molar-refractivity contribution in [2.24, 2.45) is 0 Å². The van der Waals surface area contributed by atoms with E-state index in [-0.39, 0.29) is 11.9 Å². The summed E-state index contributed by atoms with van der Waals surface area (Å²) in [5.41, 5.74) is 0. The number of piperazine rings is 1. The number of carbonyl (C=O) groups is 1. The smallest absolute Gasteiger partial charge is 0.237 e. The number of nitrogens with zero attached hydrogens (tertiary/aromatic N) is 2. The largest absolute Gasteiger partial charge is 0.380 e. The Morgan fingerprint density at radius 2 is 2.18 bits per heavy atom. The molecule has 0 saturated carbocycles. The summed E-state index contributed by atoms with van der Waals surface area (Å²) < 4.78 is 5.40. The van der Waals surface area contributed by atoms with Crippen molar-refractivity contribution >= 4 is 17.2 Å². The van der Waals surface area contributed by atoms with Crippen LogP contribution in [0.3, 0.4) is 0 Å². The average molecular weight is 325 g/mol. The Morgan fingerprint density at radius 3 is 2.82 bits per heavy atom. The number of ether oxygens (including phenoxy) is 1. The molecule has 0 radical (unpaired) electrons. The summed E-state index contributed by atoms with van der Waals surface area (Å²) in [6.07, 6.45) is 0. The molecule has 6 heteroatoms. The van der Waals surface area contributed by atoms with Crippen LogP contribution in [0.4, 0.5) is 0 Å². The fourth-order valence-electron chi connectivity index (χ4n) is 2.61. The molecule has 1 N–H and O–H groups in total. The number of amides is 1. The SMILES string of the molecule is CCOCCN1CCN([C@@H](C)C(=O)NCc2cccs2)CC1. The lowest BCUT2D eigenvalue weighted by Gasteiger charge is -2.37. The number of hydrogen-bond acceptors (Lipinski definition) is 5. The van der Waals surface area contributed by atoms with Crippen molar-refractivity contribution in [3.8, 4) is 0 Å². The molecule has 2 rings (SSSR count). The third kappa shape index (κ3) is 5.35. The minimum atomic E-state index is -0.0611. The van der Waals surface area contributed by atoms with E-state index in [1.165, 1.54) is 4.88 Å². The average Bonchev–Trinajstić information content (AvgIpc) is 3.06. The first kappa shape index (κ1) is 17.4. The van der Waals surface area contributed by atoms with Crippen molar-refractivity contribution in [2.75, 3.05) is 45.9 Å². The lowest BCUT2D eigenvalue weighted by molar-refractivity contribution is -0.126. The predicted molar refractivity (Wildman–Crippen MR) is 90.1 cm³/mol.